The van der Waals surface area contributed by atoms with E-state index >= 15 is 0 Å². The second-order valence-corrected chi connectivity index (χ2v) is 5.96. The maximum absolute atomic E-state index is 12.1. The van der Waals surface area contributed by atoms with Gasteiger partial charge in [0, 0.05) is 16.8 Å². The van der Waals surface area contributed by atoms with Gasteiger partial charge in [0.1, 0.15) is 0 Å². The molecule has 0 bridgehead atoms. The summed E-state index contributed by atoms with van der Waals surface area (Å²) in [6.07, 6.45) is 0. The molecule has 0 heterocycles. The second kappa shape index (κ2) is 7.43. The predicted octanol–water partition coefficient (Wildman–Crippen LogP) is 4.25. The predicted molar refractivity (Wildman–Crippen MR) is 92.4 cm³/mol. The standard InChI is InChI=1S/C18H21ClN2O/c1-12-7-8-17(13(2)9-12)21-18(22)11-20-14(3)15-5-4-6-16(19)10-15/h4-10,14,20H,11H2,1-3H3,(H,21,22)/t14-/m0/s1. The molecule has 116 valence electrons. The summed E-state index contributed by atoms with van der Waals surface area (Å²) in [6.45, 7) is 6.29. The van der Waals surface area contributed by atoms with Gasteiger partial charge in [0.05, 0.1) is 6.54 Å². The Hall–Kier alpha value is -1.84. The lowest BCUT2D eigenvalue weighted by Crippen LogP contribution is -2.30. The lowest BCUT2D eigenvalue weighted by molar-refractivity contribution is -0.115. The highest BCUT2D eigenvalue weighted by Gasteiger charge is 2.09. The normalized spacial score (nSPS) is 12.0. The van der Waals surface area contributed by atoms with E-state index in [0.717, 1.165) is 16.8 Å². The number of hydrogen-bond donors (Lipinski definition) is 2. The summed E-state index contributed by atoms with van der Waals surface area (Å²) >= 11 is 5.98. The van der Waals surface area contributed by atoms with Crippen molar-refractivity contribution in [2.45, 2.75) is 26.8 Å². The number of anilines is 1. The molecule has 1 amide bonds. The van der Waals surface area contributed by atoms with E-state index in [1.165, 1.54) is 5.56 Å². The molecule has 0 spiro atoms. The van der Waals surface area contributed by atoms with Crippen molar-refractivity contribution in [3.63, 3.8) is 0 Å². The fourth-order valence-electron chi connectivity index (χ4n) is 2.29. The van der Waals surface area contributed by atoms with E-state index in [-0.39, 0.29) is 18.5 Å². The van der Waals surface area contributed by atoms with Crippen molar-refractivity contribution in [3.8, 4) is 0 Å². The van der Waals surface area contributed by atoms with Crippen molar-refractivity contribution in [2.24, 2.45) is 0 Å². The zero-order valence-electron chi connectivity index (χ0n) is 13.1. The molecule has 0 fully saturated rings. The molecular formula is C18H21ClN2O. The summed E-state index contributed by atoms with van der Waals surface area (Å²) in [4.78, 5) is 12.1. The molecule has 0 aromatic heterocycles. The van der Waals surface area contributed by atoms with Crippen molar-refractivity contribution in [3.05, 3.63) is 64.2 Å². The molecule has 2 N–H and O–H groups in total. The van der Waals surface area contributed by atoms with Gasteiger partial charge in [-0.05, 0) is 50.1 Å². The fraction of sp³-hybridized carbons (Fsp3) is 0.278. The number of rotatable bonds is 5. The molecule has 0 unspecified atom stereocenters. The first-order valence-corrected chi connectivity index (χ1v) is 7.69. The van der Waals surface area contributed by atoms with Gasteiger partial charge in [-0.25, -0.2) is 0 Å². The lowest BCUT2D eigenvalue weighted by atomic mass is 10.1. The Balaban J connectivity index is 1.90. The van der Waals surface area contributed by atoms with E-state index in [2.05, 4.69) is 16.7 Å². The van der Waals surface area contributed by atoms with Crippen molar-refractivity contribution in [1.82, 2.24) is 5.32 Å². The first kappa shape index (κ1) is 16.5. The Morgan fingerprint density at radius 1 is 1.18 bits per heavy atom. The zero-order chi connectivity index (χ0) is 16.1. The number of hydrogen-bond acceptors (Lipinski definition) is 2. The van der Waals surface area contributed by atoms with Crippen LogP contribution in [0.4, 0.5) is 5.69 Å². The maximum atomic E-state index is 12.1. The minimum atomic E-state index is -0.0548. The molecule has 2 rings (SSSR count). The molecule has 2 aromatic rings. The molecule has 2 aromatic carbocycles. The Bertz CT molecular complexity index is 670. The van der Waals surface area contributed by atoms with Crippen LogP contribution < -0.4 is 10.6 Å². The van der Waals surface area contributed by atoms with E-state index in [9.17, 15) is 4.79 Å². The number of amides is 1. The van der Waals surface area contributed by atoms with Crippen molar-refractivity contribution >= 4 is 23.2 Å². The first-order valence-electron chi connectivity index (χ1n) is 7.31. The summed E-state index contributed by atoms with van der Waals surface area (Å²) in [6, 6.07) is 13.7. The molecule has 0 aliphatic rings. The highest BCUT2D eigenvalue weighted by molar-refractivity contribution is 6.30. The molecule has 1 atom stereocenters. The van der Waals surface area contributed by atoms with Crippen LogP contribution in [0.5, 0.6) is 0 Å². The van der Waals surface area contributed by atoms with Crippen molar-refractivity contribution in [1.29, 1.82) is 0 Å². The van der Waals surface area contributed by atoms with Gasteiger partial charge < -0.3 is 10.6 Å². The van der Waals surface area contributed by atoms with Crippen LogP contribution in [0.1, 0.15) is 29.7 Å². The van der Waals surface area contributed by atoms with Gasteiger partial charge in [-0.3, -0.25) is 4.79 Å². The second-order valence-electron chi connectivity index (χ2n) is 5.52. The average Bonchev–Trinajstić information content (AvgIpc) is 2.47. The Morgan fingerprint density at radius 2 is 1.95 bits per heavy atom. The van der Waals surface area contributed by atoms with Crippen LogP contribution >= 0.6 is 11.6 Å². The number of aryl methyl sites for hydroxylation is 2. The SMILES string of the molecule is Cc1ccc(NC(=O)CN[C@@H](C)c2cccc(Cl)c2)c(C)c1. The van der Waals surface area contributed by atoms with E-state index in [1.54, 1.807) is 0 Å². The fourth-order valence-corrected chi connectivity index (χ4v) is 2.49. The number of benzene rings is 2. The number of carbonyl (C=O) groups excluding carboxylic acids is 1. The molecule has 0 aliphatic heterocycles. The van der Waals surface area contributed by atoms with Gasteiger partial charge in [0.25, 0.3) is 0 Å². The van der Waals surface area contributed by atoms with Gasteiger partial charge in [0.15, 0.2) is 0 Å². The van der Waals surface area contributed by atoms with Gasteiger partial charge >= 0.3 is 0 Å². The largest absolute Gasteiger partial charge is 0.325 e. The van der Waals surface area contributed by atoms with Crippen LogP contribution in [0.25, 0.3) is 0 Å². The van der Waals surface area contributed by atoms with Crippen molar-refractivity contribution < 1.29 is 4.79 Å². The molecule has 4 heteroatoms. The summed E-state index contributed by atoms with van der Waals surface area (Å²) < 4.78 is 0. The number of carbonyl (C=O) groups is 1. The van der Waals surface area contributed by atoms with Gasteiger partial charge in [-0.2, -0.15) is 0 Å². The minimum absolute atomic E-state index is 0.0548. The number of nitrogens with one attached hydrogen (secondary N) is 2. The molecule has 0 aliphatic carbocycles. The van der Waals surface area contributed by atoms with E-state index in [1.807, 2.05) is 57.2 Å². The molecule has 0 saturated heterocycles. The van der Waals surface area contributed by atoms with E-state index in [0.29, 0.717) is 5.02 Å². The lowest BCUT2D eigenvalue weighted by Gasteiger charge is -2.15. The third-order valence-corrected chi connectivity index (χ3v) is 3.81. The first-order chi connectivity index (χ1) is 10.5. The summed E-state index contributed by atoms with van der Waals surface area (Å²) in [5, 5.41) is 6.83. The third kappa shape index (κ3) is 4.58. The average molecular weight is 317 g/mol. The Kier molecular flexibility index (Phi) is 5.58. The topological polar surface area (TPSA) is 41.1 Å². The van der Waals surface area contributed by atoms with E-state index in [4.69, 9.17) is 11.6 Å². The highest BCUT2D eigenvalue weighted by atomic mass is 35.5. The summed E-state index contributed by atoms with van der Waals surface area (Å²) in [5.74, 6) is -0.0548. The van der Waals surface area contributed by atoms with Crippen LogP contribution in [0.2, 0.25) is 5.02 Å². The molecular weight excluding hydrogens is 296 g/mol. The third-order valence-electron chi connectivity index (χ3n) is 3.57. The summed E-state index contributed by atoms with van der Waals surface area (Å²) in [7, 11) is 0. The van der Waals surface area contributed by atoms with Crippen LogP contribution in [-0.4, -0.2) is 12.5 Å². The smallest absolute Gasteiger partial charge is 0.238 e. The van der Waals surface area contributed by atoms with Crippen molar-refractivity contribution in [2.75, 3.05) is 11.9 Å². The van der Waals surface area contributed by atoms with Gasteiger partial charge in [0.2, 0.25) is 5.91 Å². The quantitative estimate of drug-likeness (QED) is 0.866. The van der Waals surface area contributed by atoms with Crippen LogP contribution in [0.3, 0.4) is 0 Å². The molecule has 0 radical (unpaired) electrons. The zero-order valence-corrected chi connectivity index (χ0v) is 13.9. The molecule has 22 heavy (non-hydrogen) atoms. The van der Waals surface area contributed by atoms with Crippen LogP contribution in [-0.2, 0) is 4.79 Å². The molecule has 3 nitrogen and oxygen atoms in total. The maximum Gasteiger partial charge on any atom is 0.238 e. The van der Waals surface area contributed by atoms with Gasteiger partial charge in [-0.15, -0.1) is 0 Å². The van der Waals surface area contributed by atoms with Crippen LogP contribution in [0, 0.1) is 13.8 Å². The monoisotopic (exact) mass is 316 g/mol. The Morgan fingerprint density at radius 3 is 2.64 bits per heavy atom. The van der Waals surface area contributed by atoms with Gasteiger partial charge in [-0.1, -0.05) is 41.4 Å². The molecule has 0 saturated carbocycles. The number of halogens is 1. The van der Waals surface area contributed by atoms with E-state index < -0.39 is 0 Å². The summed E-state index contributed by atoms with van der Waals surface area (Å²) in [5.41, 5.74) is 4.17. The Labute approximate surface area is 136 Å². The van der Waals surface area contributed by atoms with Crippen LogP contribution in [0.15, 0.2) is 42.5 Å². The highest BCUT2D eigenvalue weighted by Crippen LogP contribution is 2.18. The minimum Gasteiger partial charge on any atom is -0.325 e.